The van der Waals surface area contributed by atoms with Crippen molar-refractivity contribution in [3.8, 4) is 5.75 Å². The highest BCUT2D eigenvalue weighted by atomic mass is 16.5. The molecule has 1 heterocycles. The molecule has 0 aliphatic carbocycles. The molecule has 2 rings (SSSR count). The molecular weight excluding hydrogens is 302 g/mol. The lowest BCUT2D eigenvalue weighted by atomic mass is 10.1. The lowest BCUT2D eigenvalue weighted by Crippen LogP contribution is -2.28. The minimum Gasteiger partial charge on any atom is -0.493 e. The van der Waals surface area contributed by atoms with Crippen LogP contribution in [0.4, 0.5) is 0 Å². The molecule has 0 saturated heterocycles. The van der Waals surface area contributed by atoms with Crippen molar-refractivity contribution in [1.29, 1.82) is 0 Å². The molecule has 128 valence electrons. The first-order valence-corrected chi connectivity index (χ1v) is 8.19. The highest BCUT2D eigenvalue weighted by Gasteiger charge is 2.16. The van der Waals surface area contributed by atoms with Crippen LogP contribution in [0.3, 0.4) is 0 Å². The molecule has 0 fully saturated rings. The molecule has 2 aromatic rings. The van der Waals surface area contributed by atoms with Crippen LogP contribution in [0, 0.1) is 13.8 Å². The van der Waals surface area contributed by atoms with Crippen LogP contribution >= 0.6 is 0 Å². The number of nitrogens with one attached hydrogen (secondary N) is 1. The van der Waals surface area contributed by atoms with Gasteiger partial charge in [0.15, 0.2) is 0 Å². The Labute approximate surface area is 143 Å². The summed E-state index contributed by atoms with van der Waals surface area (Å²) in [6.45, 7) is 6.87. The highest BCUT2D eigenvalue weighted by Crippen LogP contribution is 2.22. The predicted molar refractivity (Wildman–Crippen MR) is 95.2 cm³/mol. The quantitative estimate of drug-likeness (QED) is 0.767. The van der Waals surface area contributed by atoms with E-state index >= 15 is 0 Å². The van der Waals surface area contributed by atoms with E-state index < -0.39 is 0 Å². The summed E-state index contributed by atoms with van der Waals surface area (Å²) in [6.07, 6.45) is 0.749. The van der Waals surface area contributed by atoms with E-state index in [1.807, 2.05) is 51.1 Å². The molecule has 1 aromatic heterocycles. The third kappa shape index (κ3) is 4.80. The predicted octanol–water partition coefficient (Wildman–Crippen LogP) is 2.92. The maximum absolute atomic E-state index is 12.6. The number of ether oxygens (including phenoxy) is 1. The minimum atomic E-state index is -0.185. The molecule has 5 heteroatoms. The van der Waals surface area contributed by atoms with Crippen molar-refractivity contribution in [2.24, 2.45) is 5.73 Å². The average molecular weight is 327 g/mol. The van der Waals surface area contributed by atoms with Gasteiger partial charge < -0.3 is 15.8 Å². The van der Waals surface area contributed by atoms with Crippen LogP contribution in [0.25, 0.3) is 0 Å². The van der Waals surface area contributed by atoms with Crippen molar-refractivity contribution in [2.45, 2.75) is 33.2 Å². The van der Waals surface area contributed by atoms with E-state index in [4.69, 9.17) is 10.5 Å². The fourth-order valence-electron chi connectivity index (χ4n) is 2.36. The lowest BCUT2D eigenvalue weighted by Gasteiger charge is -2.16. The first-order valence-electron chi connectivity index (χ1n) is 8.19. The number of carbonyl (C=O) groups is 1. The van der Waals surface area contributed by atoms with Gasteiger partial charge in [0.1, 0.15) is 5.75 Å². The van der Waals surface area contributed by atoms with E-state index in [0.717, 1.165) is 23.4 Å². The summed E-state index contributed by atoms with van der Waals surface area (Å²) in [6, 6.07) is 11.2. The first-order chi connectivity index (χ1) is 11.5. The largest absolute Gasteiger partial charge is 0.493 e. The van der Waals surface area contributed by atoms with Crippen molar-refractivity contribution >= 4 is 5.91 Å². The molecule has 0 aliphatic rings. The van der Waals surface area contributed by atoms with E-state index in [-0.39, 0.29) is 11.9 Å². The van der Waals surface area contributed by atoms with Gasteiger partial charge in [0, 0.05) is 5.69 Å². The summed E-state index contributed by atoms with van der Waals surface area (Å²) in [5.74, 6) is 0.416. The Balaban J connectivity index is 2.13. The number of nitrogens with zero attached hydrogens (tertiary/aromatic N) is 1. The van der Waals surface area contributed by atoms with E-state index in [2.05, 4.69) is 10.3 Å². The summed E-state index contributed by atoms with van der Waals surface area (Å²) < 4.78 is 5.73. The molecule has 3 N–H and O–H groups in total. The van der Waals surface area contributed by atoms with Crippen LogP contribution in [0.15, 0.2) is 36.4 Å². The zero-order chi connectivity index (χ0) is 17.5. The van der Waals surface area contributed by atoms with Crippen LogP contribution in [-0.2, 0) is 0 Å². The van der Waals surface area contributed by atoms with Gasteiger partial charge in [-0.2, -0.15) is 0 Å². The second kappa shape index (κ2) is 8.45. The number of carbonyl (C=O) groups excluding carboxylic acids is 1. The standard InChI is InChI=1S/C19H25N3O2/c1-13-8-9-16(18(12-13)24-11-5-10-20)19(23)22-15(3)17-7-4-6-14(2)21-17/h4,6-9,12,15H,5,10-11,20H2,1-3H3,(H,22,23)/t15-/m1/s1. The topological polar surface area (TPSA) is 77.2 Å². The van der Waals surface area contributed by atoms with E-state index in [1.54, 1.807) is 6.07 Å². The summed E-state index contributed by atoms with van der Waals surface area (Å²) in [5.41, 5.74) is 8.83. The van der Waals surface area contributed by atoms with Crippen molar-refractivity contribution in [1.82, 2.24) is 10.3 Å². The Morgan fingerprint density at radius 1 is 1.29 bits per heavy atom. The molecule has 0 radical (unpaired) electrons. The van der Waals surface area contributed by atoms with E-state index in [9.17, 15) is 4.79 Å². The summed E-state index contributed by atoms with van der Waals surface area (Å²) in [4.78, 5) is 17.1. The van der Waals surface area contributed by atoms with Crippen molar-refractivity contribution in [3.63, 3.8) is 0 Å². The van der Waals surface area contributed by atoms with Gasteiger partial charge in [0.2, 0.25) is 0 Å². The number of pyridine rings is 1. The van der Waals surface area contributed by atoms with Crippen LogP contribution in [0.1, 0.15) is 46.7 Å². The molecule has 0 bridgehead atoms. The fraction of sp³-hybridized carbons (Fsp3) is 0.368. The molecule has 1 aromatic carbocycles. The third-order valence-corrected chi connectivity index (χ3v) is 3.69. The number of hydrogen-bond donors (Lipinski definition) is 2. The minimum absolute atomic E-state index is 0.173. The van der Waals surface area contributed by atoms with Gasteiger partial charge in [0.25, 0.3) is 5.91 Å². The number of amides is 1. The van der Waals surface area contributed by atoms with Gasteiger partial charge in [-0.3, -0.25) is 9.78 Å². The number of aryl methyl sites for hydroxylation is 2. The Kier molecular flexibility index (Phi) is 6.32. The molecule has 0 unspecified atom stereocenters. The molecule has 5 nitrogen and oxygen atoms in total. The Hall–Kier alpha value is -2.40. The molecule has 0 saturated carbocycles. The fourth-order valence-corrected chi connectivity index (χ4v) is 2.36. The van der Waals surface area contributed by atoms with Crippen LogP contribution in [0.2, 0.25) is 0 Å². The van der Waals surface area contributed by atoms with Crippen molar-refractivity contribution in [3.05, 3.63) is 58.9 Å². The number of benzene rings is 1. The molecule has 0 spiro atoms. The normalized spacial score (nSPS) is 11.8. The smallest absolute Gasteiger partial charge is 0.255 e. The zero-order valence-electron chi connectivity index (χ0n) is 14.5. The van der Waals surface area contributed by atoms with Crippen LogP contribution < -0.4 is 15.8 Å². The Morgan fingerprint density at radius 3 is 2.79 bits per heavy atom. The average Bonchev–Trinajstić information content (AvgIpc) is 2.55. The van der Waals surface area contributed by atoms with Crippen LogP contribution in [-0.4, -0.2) is 24.0 Å². The van der Waals surface area contributed by atoms with Gasteiger partial charge in [0.05, 0.1) is 23.9 Å². The summed E-state index contributed by atoms with van der Waals surface area (Å²) in [5, 5.41) is 2.98. The number of rotatable bonds is 7. The van der Waals surface area contributed by atoms with Gasteiger partial charge in [-0.25, -0.2) is 0 Å². The van der Waals surface area contributed by atoms with Gasteiger partial charge >= 0.3 is 0 Å². The molecule has 0 aliphatic heterocycles. The highest BCUT2D eigenvalue weighted by molar-refractivity contribution is 5.97. The van der Waals surface area contributed by atoms with Gasteiger partial charge in [-0.15, -0.1) is 0 Å². The molecular formula is C19H25N3O2. The van der Waals surface area contributed by atoms with E-state index in [1.165, 1.54) is 0 Å². The zero-order valence-corrected chi connectivity index (χ0v) is 14.5. The second-order valence-electron chi connectivity index (χ2n) is 5.89. The maximum atomic E-state index is 12.6. The molecule has 1 atom stereocenters. The van der Waals surface area contributed by atoms with Gasteiger partial charge in [-0.05, 0) is 63.6 Å². The first kappa shape index (κ1) is 17.9. The summed E-state index contributed by atoms with van der Waals surface area (Å²) >= 11 is 0. The maximum Gasteiger partial charge on any atom is 0.255 e. The van der Waals surface area contributed by atoms with E-state index in [0.29, 0.717) is 24.5 Å². The number of hydrogen-bond acceptors (Lipinski definition) is 4. The molecule has 1 amide bonds. The number of nitrogens with two attached hydrogens (primary N) is 1. The Bertz CT molecular complexity index is 701. The van der Waals surface area contributed by atoms with Crippen molar-refractivity contribution < 1.29 is 9.53 Å². The molecule has 24 heavy (non-hydrogen) atoms. The monoisotopic (exact) mass is 327 g/mol. The number of aromatic nitrogens is 1. The van der Waals surface area contributed by atoms with Crippen molar-refractivity contribution in [2.75, 3.05) is 13.2 Å². The Morgan fingerprint density at radius 2 is 2.08 bits per heavy atom. The lowest BCUT2D eigenvalue weighted by molar-refractivity contribution is 0.0935. The summed E-state index contributed by atoms with van der Waals surface area (Å²) in [7, 11) is 0. The van der Waals surface area contributed by atoms with Gasteiger partial charge in [-0.1, -0.05) is 12.1 Å². The second-order valence-corrected chi connectivity index (χ2v) is 5.89. The van der Waals surface area contributed by atoms with Crippen LogP contribution in [0.5, 0.6) is 5.75 Å². The third-order valence-electron chi connectivity index (χ3n) is 3.69. The SMILES string of the molecule is Cc1ccc(C(=O)N[C@H](C)c2cccc(C)n2)c(OCCCN)c1.